The second kappa shape index (κ2) is 4.47. The van der Waals surface area contributed by atoms with Crippen LogP contribution < -0.4 is 5.32 Å². The van der Waals surface area contributed by atoms with E-state index in [0.717, 1.165) is 24.1 Å². The molecule has 4 heteroatoms. The van der Waals surface area contributed by atoms with E-state index >= 15 is 0 Å². The topological polar surface area (TPSA) is 40.7 Å². The molecule has 0 aliphatic heterocycles. The number of thiophene rings is 1. The summed E-state index contributed by atoms with van der Waals surface area (Å²) in [6.45, 7) is 0.840. The molecular formula is C15H15N3S. The van der Waals surface area contributed by atoms with Gasteiger partial charge in [0, 0.05) is 27.1 Å². The lowest BCUT2D eigenvalue weighted by molar-refractivity contribution is 0.664. The van der Waals surface area contributed by atoms with E-state index in [1.54, 1.807) is 11.3 Å². The lowest BCUT2D eigenvalue weighted by Gasteiger charge is -1.98. The van der Waals surface area contributed by atoms with Crippen LogP contribution in [0.2, 0.25) is 0 Å². The van der Waals surface area contributed by atoms with Gasteiger partial charge in [-0.25, -0.2) is 4.98 Å². The Morgan fingerprint density at radius 3 is 3.11 bits per heavy atom. The minimum atomic E-state index is 0.718. The summed E-state index contributed by atoms with van der Waals surface area (Å²) in [6.07, 6.45) is 4.56. The standard InChI is InChI=1S/C15H15N3S/c1-2-4-14-11(3-1)12(9-19-14)13-7-17-15(18-13)8-16-10-5-6-10/h1-4,7,9-10,16H,5-6,8H2,(H,17,18). The van der Waals surface area contributed by atoms with Crippen LogP contribution in [0.1, 0.15) is 18.7 Å². The van der Waals surface area contributed by atoms with E-state index < -0.39 is 0 Å². The van der Waals surface area contributed by atoms with Gasteiger partial charge in [0.25, 0.3) is 0 Å². The average Bonchev–Trinajstić information content (AvgIpc) is 3.00. The molecule has 3 nitrogen and oxygen atoms in total. The van der Waals surface area contributed by atoms with Crippen molar-refractivity contribution in [3.05, 3.63) is 41.7 Å². The van der Waals surface area contributed by atoms with Crippen molar-refractivity contribution in [2.75, 3.05) is 0 Å². The molecule has 0 amide bonds. The maximum atomic E-state index is 4.47. The molecular weight excluding hydrogens is 254 g/mol. The van der Waals surface area contributed by atoms with E-state index in [4.69, 9.17) is 0 Å². The molecule has 4 rings (SSSR count). The summed E-state index contributed by atoms with van der Waals surface area (Å²) in [6, 6.07) is 9.22. The van der Waals surface area contributed by atoms with Crippen LogP contribution in [0.15, 0.2) is 35.8 Å². The number of nitrogens with one attached hydrogen (secondary N) is 2. The van der Waals surface area contributed by atoms with Gasteiger partial charge in [-0.1, -0.05) is 18.2 Å². The smallest absolute Gasteiger partial charge is 0.120 e. The first-order chi connectivity index (χ1) is 9.40. The van der Waals surface area contributed by atoms with Crippen molar-refractivity contribution in [2.45, 2.75) is 25.4 Å². The molecule has 96 valence electrons. The van der Waals surface area contributed by atoms with Gasteiger partial charge in [0.2, 0.25) is 0 Å². The molecule has 0 unspecified atom stereocenters. The van der Waals surface area contributed by atoms with Crippen LogP contribution in [-0.4, -0.2) is 16.0 Å². The van der Waals surface area contributed by atoms with Crippen LogP contribution in [0.4, 0.5) is 0 Å². The minimum Gasteiger partial charge on any atom is -0.341 e. The summed E-state index contributed by atoms with van der Waals surface area (Å²) < 4.78 is 1.32. The SMILES string of the molecule is c1ccc2c(-c3cnc(CNC4CC4)[nH]3)csc2c1. The third kappa shape index (κ3) is 2.17. The summed E-state index contributed by atoms with van der Waals surface area (Å²) in [4.78, 5) is 7.89. The van der Waals surface area contributed by atoms with E-state index in [9.17, 15) is 0 Å². The minimum absolute atomic E-state index is 0.718. The number of aromatic nitrogens is 2. The summed E-state index contributed by atoms with van der Waals surface area (Å²) in [5.74, 6) is 1.03. The van der Waals surface area contributed by atoms with E-state index in [1.165, 1.54) is 28.5 Å². The number of hydrogen-bond acceptors (Lipinski definition) is 3. The summed E-state index contributed by atoms with van der Waals surface area (Å²) >= 11 is 1.78. The molecule has 0 spiro atoms. The fraction of sp³-hybridized carbons (Fsp3) is 0.267. The van der Waals surface area contributed by atoms with Gasteiger partial charge >= 0.3 is 0 Å². The predicted octanol–water partition coefficient (Wildman–Crippen LogP) is 3.54. The molecule has 1 saturated carbocycles. The van der Waals surface area contributed by atoms with E-state index in [0.29, 0.717) is 0 Å². The second-order valence-corrected chi connectivity index (χ2v) is 5.96. The number of fused-ring (bicyclic) bond motifs is 1. The average molecular weight is 269 g/mol. The van der Waals surface area contributed by atoms with Crippen molar-refractivity contribution in [1.82, 2.24) is 15.3 Å². The molecule has 0 atom stereocenters. The molecule has 2 N–H and O–H groups in total. The van der Waals surface area contributed by atoms with Crippen LogP contribution in [0.25, 0.3) is 21.3 Å². The fourth-order valence-corrected chi connectivity index (χ4v) is 3.26. The summed E-state index contributed by atoms with van der Waals surface area (Å²) in [5, 5.41) is 6.99. The van der Waals surface area contributed by atoms with Crippen LogP contribution in [0, 0.1) is 0 Å². The normalized spacial score (nSPS) is 15.2. The van der Waals surface area contributed by atoms with Gasteiger partial charge in [-0.2, -0.15) is 0 Å². The highest BCUT2D eigenvalue weighted by Gasteiger charge is 2.20. The maximum absolute atomic E-state index is 4.47. The van der Waals surface area contributed by atoms with Crippen molar-refractivity contribution in [1.29, 1.82) is 0 Å². The molecule has 1 fully saturated rings. The molecule has 19 heavy (non-hydrogen) atoms. The molecule has 2 heterocycles. The van der Waals surface area contributed by atoms with E-state index in [2.05, 4.69) is 44.9 Å². The number of hydrogen-bond donors (Lipinski definition) is 2. The van der Waals surface area contributed by atoms with Gasteiger partial charge in [0.15, 0.2) is 0 Å². The number of nitrogens with zero attached hydrogens (tertiary/aromatic N) is 1. The molecule has 0 radical (unpaired) electrons. The number of H-pyrrole nitrogens is 1. The van der Waals surface area contributed by atoms with Crippen LogP contribution in [0.5, 0.6) is 0 Å². The summed E-state index contributed by atoms with van der Waals surface area (Å²) in [5.41, 5.74) is 2.37. The fourth-order valence-electron chi connectivity index (χ4n) is 2.30. The summed E-state index contributed by atoms with van der Waals surface area (Å²) in [7, 11) is 0. The first kappa shape index (κ1) is 11.2. The Kier molecular flexibility index (Phi) is 2.64. The lowest BCUT2D eigenvalue weighted by atomic mass is 10.1. The molecule has 1 aromatic carbocycles. The highest BCUT2D eigenvalue weighted by molar-refractivity contribution is 7.17. The van der Waals surface area contributed by atoms with Crippen LogP contribution >= 0.6 is 11.3 Å². The van der Waals surface area contributed by atoms with Gasteiger partial charge in [-0.05, 0) is 18.9 Å². The van der Waals surface area contributed by atoms with Crippen molar-refractivity contribution in [3.63, 3.8) is 0 Å². The molecule has 2 aromatic heterocycles. The zero-order valence-corrected chi connectivity index (χ0v) is 11.3. The van der Waals surface area contributed by atoms with Crippen molar-refractivity contribution in [2.24, 2.45) is 0 Å². The Morgan fingerprint density at radius 1 is 1.32 bits per heavy atom. The largest absolute Gasteiger partial charge is 0.341 e. The Bertz CT molecular complexity index is 709. The van der Waals surface area contributed by atoms with Crippen molar-refractivity contribution < 1.29 is 0 Å². The van der Waals surface area contributed by atoms with Crippen LogP contribution in [0.3, 0.4) is 0 Å². The van der Waals surface area contributed by atoms with E-state index in [-0.39, 0.29) is 0 Å². The van der Waals surface area contributed by atoms with Gasteiger partial charge in [0.05, 0.1) is 18.4 Å². The monoisotopic (exact) mass is 269 g/mol. The predicted molar refractivity (Wildman–Crippen MR) is 79.3 cm³/mol. The van der Waals surface area contributed by atoms with Gasteiger partial charge in [0.1, 0.15) is 5.82 Å². The Morgan fingerprint density at radius 2 is 2.21 bits per heavy atom. The first-order valence-electron chi connectivity index (χ1n) is 6.64. The highest BCUT2D eigenvalue weighted by atomic mass is 32.1. The highest BCUT2D eigenvalue weighted by Crippen LogP contribution is 2.32. The Balaban J connectivity index is 1.64. The Labute approximate surface area is 115 Å². The molecule has 3 aromatic rings. The zero-order valence-electron chi connectivity index (χ0n) is 10.5. The zero-order chi connectivity index (χ0) is 12.7. The first-order valence-corrected chi connectivity index (χ1v) is 7.52. The van der Waals surface area contributed by atoms with Crippen molar-refractivity contribution in [3.8, 4) is 11.3 Å². The van der Waals surface area contributed by atoms with E-state index in [1.807, 2.05) is 6.20 Å². The quantitative estimate of drug-likeness (QED) is 0.760. The Hall–Kier alpha value is -1.65. The third-order valence-electron chi connectivity index (χ3n) is 3.54. The van der Waals surface area contributed by atoms with Crippen molar-refractivity contribution >= 4 is 21.4 Å². The molecule has 1 aliphatic carbocycles. The second-order valence-electron chi connectivity index (χ2n) is 5.04. The maximum Gasteiger partial charge on any atom is 0.120 e. The number of benzene rings is 1. The number of rotatable bonds is 4. The van der Waals surface area contributed by atoms with Crippen LogP contribution in [-0.2, 0) is 6.54 Å². The van der Waals surface area contributed by atoms with Gasteiger partial charge in [-0.3, -0.25) is 0 Å². The lowest BCUT2D eigenvalue weighted by Crippen LogP contribution is -2.16. The van der Waals surface area contributed by atoms with Gasteiger partial charge in [-0.15, -0.1) is 11.3 Å². The number of aromatic amines is 1. The molecule has 1 aliphatic rings. The van der Waals surface area contributed by atoms with Gasteiger partial charge < -0.3 is 10.3 Å². The third-order valence-corrected chi connectivity index (χ3v) is 4.50. The molecule has 0 saturated heterocycles. The number of imidazole rings is 1. The molecule has 0 bridgehead atoms.